The smallest absolute Gasteiger partial charge is 0.415 e. The van der Waals surface area contributed by atoms with Gasteiger partial charge in [-0.05, 0) is 30.0 Å². The normalized spacial score (nSPS) is 20.7. The van der Waals surface area contributed by atoms with Crippen LogP contribution < -0.4 is 15.5 Å². The van der Waals surface area contributed by atoms with Crippen molar-refractivity contribution < 1.29 is 9.53 Å². The van der Waals surface area contributed by atoms with E-state index in [1.807, 2.05) is 0 Å². The summed E-state index contributed by atoms with van der Waals surface area (Å²) < 4.78 is 5.25. The summed E-state index contributed by atoms with van der Waals surface area (Å²) in [5.41, 5.74) is 2.49. The molecule has 2 fully saturated rings. The Kier molecular flexibility index (Phi) is 6.67. The molecule has 0 saturated carbocycles. The summed E-state index contributed by atoms with van der Waals surface area (Å²) in [6.45, 7) is 11.9. The number of carbonyl (C=O) groups is 1. The molecule has 0 unspecified atom stereocenters. The molecule has 8 nitrogen and oxygen atoms in total. The molecule has 1 aromatic carbocycles. The van der Waals surface area contributed by atoms with Crippen molar-refractivity contribution in [3.8, 4) is 0 Å². The molecule has 0 radical (unpaired) electrons. The third-order valence-electron chi connectivity index (χ3n) is 6.00. The molecule has 0 bridgehead atoms. The van der Waals surface area contributed by atoms with E-state index >= 15 is 0 Å². The predicted octanol–water partition coefficient (Wildman–Crippen LogP) is 3.04. The Hall–Kier alpha value is -2.71. The van der Waals surface area contributed by atoms with Crippen molar-refractivity contribution in [2.24, 2.45) is 5.92 Å². The van der Waals surface area contributed by atoms with E-state index in [0.29, 0.717) is 18.4 Å². The van der Waals surface area contributed by atoms with Gasteiger partial charge in [0.25, 0.3) is 0 Å². The first-order chi connectivity index (χ1) is 15.0. The van der Waals surface area contributed by atoms with Crippen molar-refractivity contribution in [3.63, 3.8) is 0 Å². The quantitative estimate of drug-likeness (QED) is 0.707. The third kappa shape index (κ3) is 5.14. The van der Waals surface area contributed by atoms with Crippen molar-refractivity contribution in [2.75, 3.05) is 43.0 Å². The van der Waals surface area contributed by atoms with E-state index in [1.54, 1.807) is 17.2 Å². The van der Waals surface area contributed by atoms with Crippen LogP contribution >= 0.6 is 0 Å². The summed E-state index contributed by atoms with van der Waals surface area (Å²) in [5.74, 6) is 1.34. The molecule has 2 aromatic rings. The number of piperazine rings is 1. The fraction of sp³-hybridized carbons (Fsp3) is 0.522. The highest BCUT2D eigenvalue weighted by atomic mass is 16.6. The van der Waals surface area contributed by atoms with E-state index < -0.39 is 0 Å². The van der Waals surface area contributed by atoms with E-state index in [9.17, 15) is 4.79 Å². The molecule has 4 rings (SSSR count). The fourth-order valence-corrected chi connectivity index (χ4v) is 4.06. The van der Waals surface area contributed by atoms with Crippen molar-refractivity contribution >= 4 is 17.9 Å². The highest BCUT2D eigenvalue weighted by Crippen LogP contribution is 2.26. The minimum Gasteiger partial charge on any atom is -0.447 e. The van der Waals surface area contributed by atoms with Crippen LogP contribution in [0.3, 0.4) is 0 Å². The van der Waals surface area contributed by atoms with Crippen LogP contribution in [0, 0.1) is 5.92 Å². The van der Waals surface area contributed by atoms with Crippen LogP contribution in [0.5, 0.6) is 0 Å². The highest BCUT2D eigenvalue weighted by Gasteiger charge is 2.37. The molecule has 8 heteroatoms. The summed E-state index contributed by atoms with van der Waals surface area (Å²) in [6, 6.07) is 10.5. The minimum atomic E-state index is -0.350. The number of nitrogens with one attached hydrogen (secondary N) is 2. The molecule has 2 aliphatic heterocycles. The first-order valence-corrected chi connectivity index (χ1v) is 11.1. The highest BCUT2D eigenvalue weighted by molar-refractivity contribution is 5.89. The van der Waals surface area contributed by atoms with Crippen LogP contribution in [0.15, 0.2) is 36.5 Å². The minimum absolute atomic E-state index is 0.0177. The number of anilines is 2. The molecule has 1 aromatic heterocycles. The molecule has 2 N–H and O–H groups in total. The van der Waals surface area contributed by atoms with Crippen LogP contribution in [0.1, 0.15) is 37.9 Å². The van der Waals surface area contributed by atoms with E-state index in [0.717, 1.165) is 32.7 Å². The summed E-state index contributed by atoms with van der Waals surface area (Å²) in [5, 5.41) is 6.75. The second kappa shape index (κ2) is 9.62. The molecular weight excluding hydrogens is 392 g/mol. The molecule has 2 aliphatic rings. The Labute approximate surface area is 184 Å². The van der Waals surface area contributed by atoms with Gasteiger partial charge in [-0.25, -0.2) is 9.78 Å². The maximum absolute atomic E-state index is 12.2. The molecule has 2 saturated heterocycles. The lowest BCUT2D eigenvalue weighted by Gasteiger charge is -2.27. The molecule has 1 amide bonds. The number of cyclic esters (lactones) is 1. The van der Waals surface area contributed by atoms with Crippen LogP contribution in [0.25, 0.3) is 0 Å². The number of amides is 1. The Morgan fingerprint density at radius 2 is 1.90 bits per heavy atom. The molecular formula is C23H32N6O2. The van der Waals surface area contributed by atoms with E-state index in [2.05, 4.69) is 70.5 Å². The van der Waals surface area contributed by atoms with Crippen molar-refractivity contribution in [3.05, 3.63) is 47.7 Å². The summed E-state index contributed by atoms with van der Waals surface area (Å²) in [4.78, 5) is 25.3. The lowest BCUT2D eigenvalue weighted by Crippen LogP contribution is -2.42. The van der Waals surface area contributed by atoms with Gasteiger partial charge in [0, 0.05) is 38.9 Å². The average molecular weight is 425 g/mol. The number of rotatable bonds is 7. The Morgan fingerprint density at radius 1 is 1.16 bits per heavy atom. The monoisotopic (exact) mass is 424 g/mol. The summed E-state index contributed by atoms with van der Waals surface area (Å²) in [7, 11) is 0. The zero-order chi connectivity index (χ0) is 21.8. The third-order valence-corrected chi connectivity index (χ3v) is 6.00. The van der Waals surface area contributed by atoms with Crippen molar-refractivity contribution in [2.45, 2.75) is 39.4 Å². The SMILES string of the molecule is CC(C)[C@H]1COC(=O)N1c1ccnc(N[C@@H](C)c2ccc(CN3CCNCC3)cc2)n1. The lowest BCUT2D eigenvalue weighted by molar-refractivity contribution is 0.177. The predicted molar refractivity (Wildman–Crippen MR) is 121 cm³/mol. The standard InChI is InChI=1S/C23H32N6O2/c1-16(2)20-15-31-23(30)29(20)21-8-9-25-22(27-21)26-17(3)19-6-4-18(5-7-19)14-28-12-10-24-11-13-28/h4-9,16-17,20,24H,10-15H2,1-3H3,(H,25,26,27)/t17-,20+/m0/s1. The molecule has 3 heterocycles. The number of hydrogen-bond donors (Lipinski definition) is 2. The van der Waals surface area contributed by atoms with Gasteiger partial charge in [-0.1, -0.05) is 38.1 Å². The average Bonchev–Trinajstić information content (AvgIpc) is 3.17. The Bertz CT molecular complexity index is 882. The topological polar surface area (TPSA) is 82.6 Å². The van der Waals surface area contributed by atoms with Crippen molar-refractivity contribution in [1.82, 2.24) is 20.2 Å². The lowest BCUT2D eigenvalue weighted by atomic mass is 10.0. The number of hydrogen-bond acceptors (Lipinski definition) is 7. The van der Waals surface area contributed by atoms with Gasteiger partial charge >= 0.3 is 6.09 Å². The van der Waals surface area contributed by atoms with Crippen LogP contribution in [-0.4, -0.2) is 59.8 Å². The molecule has 166 valence electrons. The second-order valence-corrected chi connectivity index (χ2v) is 8.63. The zero-order valence-electron chi connectivity index (χ0n) is 18.5. The molecule has 0 aliphatic carbocycles. The zero-order valence-corrected chi connectivity index (χ0v) is 18.5. The Balaban J connectivity index is 1.41. The van der Waals surface area contributed by atoms with Gasteiger partial charge in [-0.15, -0.1) is 0 Å². The largest absolute Gasteiger partial charge is 0.447 e. The van der Waals surface area contributed by atoms with Crippen LogP contribution in [-0.2, 0) is 11.3 Å². The summed E-state index contributed by atoms with van der Waals surface area (Å²) >= 11 is 0. The van der Waals surface area contributed by atoms with Gasteiger partial charge in [0.1, 0.15) is 12.4 Å². The van der Waals surface area contributed by atoms with Gasteiger partial charge < -0.3 is 15.4 Å². The maximum Gasteiger partial charge on any atom is 0.415 e. The van der Waals surface area contributed by atoms with Crippen molar-refractivity contribution in [1.29, 1.82) is 0 Å². The summed E-state index contributed by atoms with van der Waals surface area (Å²) in [6.07, 6.45) is 1.33. The number of ether oxygens (including phenoxy) is 1. The number of carbonyl (C=O) groups excluding carboxylic acids is 1. The first kappa shape index (κ1) is 21.5. The number of aromatic nitrogens is 2. The van der Waals surface area contributed by atoms with E-state index in [1.165, 1.54) is 11.1 Å². The van der Waals surface area contributed by atoms with E-state index in [4.69, 9.17) is 4.74 Å². The van der Waals surface area contributed by atoms with Crippen LogP contribution in [0.4, 0.5) is 16.6 Å². The number of nitrogens with zero attached hydrogens (tertiary/aromatic N) is 4. The first-order valence-electron chi connectivity index (χ1n) is 11.1. The fourth-order valence-electron chi connectivity index (χ4n) is 4.06. The Morgan fingerprint density at radius 3 is 2.61 bits per heavy atom. The van der Waals surface area contributed by atoms with Gasteiger partial charge in [-0.2, -0.15) is 4.98 Å². The number of benzene rings is 1. The van der Waals surface area contributed by atoms with Gasteiger partial charge in [0.2, 0.25) is 5.95 Å². The molecule has 2 atom stereocenters. The molecule has 31 heavy (non-hydrogen) atoms. The van der Waals surface area contributed by atoms with Crippen LogP contribution in [0.2, 0.25) is 0 Å². The van der Waals surface area contributed by atoms with E-state index in [-0.39, 0.29) is 24.1 Å². The van der Waals surface area contributed by atoms with Gasteiger partial charge in [0.15, 0.2) is 0 Å². The molecule has 0 spiro atoms. The second-order valence-electron chi connectivity index (χ2n) is 8.63. The maximum atomic E-state index is 12.2. The van der Waals surface area contributed by atoms with Gasteiger partial charge in [-0.3, -0.25) is 9.80 Å². The van der Waals surface area contributed by atoms with Gasteiger partial charge in [0.05, 0.1) is 12.1 Å².